The molecule has 0 aliphatic heterocycles. The highest BCUT2D eigenvalue weighted by Gasteiger charge is 2.06. The van der Waals surface area contributed by atoms with Crippen LogP contribution in [0.25, 0.3) is 0 Å². The third kappa shape index (κ3) is 6.52. The molecule has 2 N–H and O–H groups in total. The molecule has 0 aromatic heterocycles. The summed E-state index contributed by atoms with van der Waals surface area (Å²) in [6, 6.07) is 15.2. The molecule has 0 aliphatic carbocycles. The Labute approximate surface area is 150 Å². The number of non-ortho nitro benzene ring substituents is 1. The fraction of sp³-hybridized carbons (Fsp3) is 0.167. The lowest BCUT2D eigenvalue weighted by molar-refractivity contribution is -0.384. The first-order chi connectivity index (χ1) is 12.5. The average Bonchev–Trinajstić information content (AvgIpc) is 2.66. The zero-order chi connectivity index (χ0) is 18.8. The van der Waals surface area contributed by atoms with Crippen molar-refractivity contribution in [2.75, 3.05) is 0 Å². The maximum Gasteiger partial charge on any atom is 0.269 e. The molecule has 0 fully saturated rings. The van der Waals surface area contributed by atoms with Gasteiger partial charge in [0.2, 0.25) is 11.8 Å². The van der Waals surface area contributed by atoms with E-state index in [1.807, 2.05) is 30.3 Å². The van der Waals surface area contributed by atoms with Crippen molar-refractivity contribution in [1.82, 2.24) is 10.7 Å². The highest BCUT2D eigenvalue weighted by atomic mass is 16.6. The second-order valence-corrected chi connectivity index (χ2v) is 5.40. The second kappa shape index (κ2) is 9.67. The first-order valence-electron chi connectivity index (χ1n) is 7.91. The summed E-state index contributed by atoms with van der Waals surface area (Å²) < 4.78 is 0. The smallest absolute Gasteiger partial charge is 0.269 e. The molecular formula is C18H18N4O4. The van der Waals surface area contributed by atoms with E-state index in [1.165, 1.54) is 30.5 Å². The van der Waals surface area contributed by atoms with Crippen molar-refractivity contribution in [2.24, 2.45) is 5.10 Å². The van der Waals surface area contributed by atoms with Crippen LogP contribution in [0.5, 0.6) is 0 Å². The number of hydrazone groups is 1. The fourth-order valence-corrected chi connectivity index (χ4v) is 2.03. The summed E-state index contributed by atoms with van der Waals surface area (Å²) in [6.07, 6.45) is 1.45. The summed E-state index contributed by atoms with van der Waals surface area (Å²) in [5.41, 5.74) is 3.89. The second-order valence-electron chi connectivity index (χ2n) is 5.40. The van der Waals surface area contributed by atoms with Gasteiger partial charge in [-0.25, -0.2) is 5.43 Å². The van der Waals surface area contributed by atoms with Crippen molar-refractivity contribution in [1.29, 1.82) is 0 Å². The number of hydrogen-bond acceptors (Lipinski definition) is 5. The summed E-state index contributed by atoms with van der Waals surface area (Å²) in [4.78, 5) is 33.4. The van der Waals surface area contributed by atoms with Gasteiger partial charge >= 0.3 is 0 Å². The molecular weight excluding hydrogens is 336 g/mol. The average molecular weight is 354 g/mol. The number of nitro groups is 1. The minimum Gasteiger partial charge on any atom is -0.352 e. The Kier molecular flexibility index (Phi) is 6.99. The zero-order valence-corrected chi connectivity index (χ0v) is 13.9. The van der Waals surface area contributed by atoms with Gasteiger partial charge in [-0.15, -0.1) is 0 Å². The Balaban J connectivity index is 1.68. The Morgan fingerprint density at radius 1 is 1.00 bits per heavy atom. The lowest BCUT2D eigenvalue weighted by Gasteiger charge is -2.04. The lowest BCUT2D eigenvalue weighted by Crippen LogP contribution is -2.25. The van der Waals surface area contributed by atoms with Crippen LogP contribution in [-0.4, -0.2) is 23.0 Å². The minimum atomic E-state index is -0.495. The molecule has 2 amide bonds. The van der Waals surface area contributed by atoms with Crippen molar-refractivity contribution in [3.63, 3.8) is 0 Å². The van der Waals surface area contributed by atoms with E-state index in [9.17, 15) is 19.7 Å². The van der Waals surface area contributed by atoms with Crippen LogP contribution in [0.3, 0.4) is 0 Å². The highest BCUT2D eigenvalue weighted by molar-refractivity contribution is 5.85. The molecule has 2 rings (SSSR count). The Morgan fingerprint density at radius 3 is 2.31 bits per heavy atom. The van der Waals surface area contributed by atoms with Crippen LogP contribution in [0.2, 0.25) is 0 Å². The van der Waals surface area contributed by atoms with Crippen LogP contribution in [0.1, 0.15) is 24.0 Å². The largest absolute Gasteiger partial charge is 0.352 e. The van der Waals surface area contributed by atoms with E-state index >= 15 is 0 Å². The molecule has 0 heterocycles. The van der Waals surface area contributed by atoms with Crippen molar-refractivity contribution in [3.05, 3.63) is 75.8 Å². The van der Waals surface area contributed by atoms with E-state index in [4.69, 9.17) is 0 Å². The number of benzene rings is 2. The standard InChI is InChI=1S/C18H18N4O4/c23-17(19-12-14-4-2-1-3-5-14)10-11-18(24)21-20-13-15-6-8-16(9-7-15)22(25)26/h1-9,13H,10-12H2,(H,19,23)(H,21,24)/b20-13+. The van der Waals surface area contributed by atoms with Crippen molar-refractivity contribution in [2.45, 2.75) is 19.4 Å². The number of nitrogens with zero attached hydrogens (tertiary/aromatic N) is 2. The van der Waals surface area contributed by atoms with Gasteiger partial charge in [0.1, 0.15) is 0 Å². The summed E-state index contributed by atoms with van der Waals surface area (Å²) in [5.74, 6) is -0.610. The molecule has 0 radical (unpaired) electrons. The van der Waals surface area contributed by atoms with Gasteiger partial charge < -0.3 is 5.32 Å². The van der Waals surface area contributed by atoms with Gasteiger partial charge in [0.05, 0.1) is 11.1 Å². The number of amides is 2. The summed E-state index contributed by atoms with van der Waals surface area (Å²) in [6.45, 7) is 0.416. The van der Waals surface area contributed by atoms with Gasteiger partial charge in [-0.2, -0.15) is 5.10 Å². The van der Waals surface area contributed by atoms with Gasteiger partial charge in [-0.3, -0.25) is 19.7 Å². The summed E-state index contributed by atoms with van der Waals surface area (Å²) in [5, 5.41) is 17.1. The predicted octanol–water partition coefficient (Wildman–Crippen LogP) is 2.14. The lowest BCUT2D eigenvalue weighted by atomic mass is 10.2. The number of carbonyl (C=O) groups excluding carboxylic acids is 2. The molecule has 0 aliphatic rings. The number of carbonyl (C=O) groups is 2. The summed E-state index contributed by atoms with van der Waals surface area (Å²) >= 11 is 0. The van der Waals surface area contributed by atoms with E-state index < -0.39 is 10.8 Å². The van der Waals surface area contributed by atoms with Gasteiger partial charge in [0.25, 0.3) is 5.69 Å². The molecule has 0 spiro atoms. The number of hydrogen-bond donors (Lipinski definition) is 2. The predicted molar refractivity (Wildman–Crippen MR) is 96.4 cm³/mol. The van der Waals surface area contributed by atoms with Crippen LogP contribution in [0, 0.1) is 10.1 Å². The number of nitro benzene ring substituents is 1. The molecule has 26 heavy (non-hydrogen) atoms. The van der Waals surface area contributed by atoms with Crippen LogP contribution in [0.4, 0.5) is 5.69 Å². The molecule has 0 bridgehead atoms. The number of rotatable bonds is 8. The molecule has 2 aromatic carbocycles. The Bertz CT molecular complexity index is 789. The van der Waals surface area contributed by atoms with Crippen molar-refractivity contribution >= 4 is 23.7 Å². The third-order valence-electron chi connectivity index (χ3n) is 3.42. The minimum absolute atomic E-state index is 0.0121. The van der Waals surface area contributed by atoms with Crippen molar-refractivity contribution < 1.29 is 14.5 Å². The normalized spacial score (nSPS) is 10.5. The van der Waals surface area contributed by atoms with E-state index in [0.29, 0.717) is 12.1 Å². The molecule has 0 saturated carbocycles. The molecule has 0 saturated heterocycles. The van der Waals surface area contributed by atoms with Gasteiger partial charge in [0.15, 0.2) is 0 Å². The van der Waals surface area contributed by atoms with Crippen LogP contribution in [-0.2, 0) is 16.1 Å². The maximum absolute atomic E-state index is 11.7. The van der Waals surface area contributed by atoms with E-state index in [-0.39, 0.29) is 24.4 Å². The Morgan fingerprint density at radius 2 is 1.65 bits per heavy atom. The SMILES string of the molecule is O=C(CCC(=O)N/N=C/c1ccc([N+](=O)[O-])cc1)NCc1ccccc1. The Hall–Kier alpha value is -3.55. The topological polar surface area (TPSA) is 114 Å². The molecule has 134 valence electrons. The quantitative estimate of drug-likeness (QED) is 0.429. The van der Waals surface area contributed by atoms with E-state index in [2.05, 4.69) is 15.8 Å². The van der Waals surface area contributed by atoms with Crippen LogP contribution >= 0.6 is 0 Å². The van der Waals surface area contributed by atoms with Gasteiger partial charge in [-0.1, -0.05) is 30.3 Å². The van der Waals surface area contributed by atoms with E-state index in [1.54, 1.807) is 0 Å². The molecule has 0 atom stereocenters. The maximum atomic E-state index is 11.7. The number of nitrogens with one attached hydrogen (secondary N) is 2. The van der Waals surface area contributed by atoms with Crippen LogP contribution in [0.15, 0.2) is 59.7 Å². The zero-order valence-electron chi connectivity index (χ0n) is 13.9. The molecule has 0 unspecified atom stereocenters. The molecule has 8 heteroatoms. The first kappa shape index (κ1) is 18.8. The monoisotopic (exact) mass is 354 g/mol. The molecule has 2 aromatic rings. The van der Waals surface area contributed by atoms with Crippen molar-refractivity contribution in [3.8, 4) is 0 Å². The van der Waals surface area contributed by atoms with Crippen LogP contribution < -0.4 is 10.7 Å². The van der Waals surface area contributed by atoms with Gasteiger partial charge in [-0.05, 0) is 23.3 Å². The first-order valence-corrected chi connectivity index (χ1v) is 7.91. The van der Waals surface area contributed by atoms with E-state index in [0.717, 1.165) is 5.56 Å². The fourth-order valence-electron chi connectivity index (χ4n) is 2.03. The highest BCUT2D eigenvalue weighted by Crippen LogP contribution is 2.10. The third-order valence-corrected chi connectivity index (χ3v) is 3.42. The molecule has 8 nitrogen and oxygen atoms in total. The summed E-state index contributed by atoms with van der Waals surface area (Å²) in [7, 11) is 0. The van der Waals surface area contributed by atoms with Gasteiger partial charge in [0, 0.05) is 31.5 Å².